The first-order valence-corrected chi connectivity index (χ1v) is 9.52. The molecule has 6 heteroatoms. The van der Waals surface area contributed by atoms with E-state index in [1.54, 1.807) is 4.68 Å². The number of nitrogens with zero attached hydrogens (tertiary/aromatic N) is 5. The number of piperazine rings is 1. The topological polar surface area (TPSA) is 54.3 Å². The fraction of sp³-hybridized carbons (Fsp3) is 0.632. The summed E-state index contributed by atoms with van der Waals surface area (Å²) < 4.78 is 1.73. The predicted octanol–water partition coefficient (Wildman–Crippen LogP) is 1.91. The molecule has 1 aromatic carbocycles. The molecule has 132 valence electrons. The number of amides is 1. The second-order valence-corrected chi connectivity index (χ2v) is 7.99. The van der Waals surface area contributed by atoms with Gasteiger partial charge in [0.1, 0.15) is 5.52 Å². The Morgan fingerprint density at radius 3 is 2.68 bits per heavy atom. The molecule has 3 aliphatic rings. The molecule has 0 unspecified atom stereocenters. The van der Waals surface area contributed by atoms with Gasteiger partial charge in [-0.15, -0.1) is 5.10 Å². The summed E-state index contributed by atoms with van der Waals surface area (Å²) in [4.78, 5) is 17.5. The van der Waals surface area contributed by atoms with Crippen molar-refractivity contribution in [2.24, 2.45) is 18.9 Å². The molecule has 2 saturated carbocycles. The number of rotatable bonds is 2. The Bertz CT molecular complexity index is 807. The van der Waals surface area contributed by atoms with Crippen molar-refractivity contribution in [2.75, 3.05) is 26.2 Å². The van der Waals surface area contributed by atoms with E-state index < -0.39 is 0 Å². The fourth-order valence-corrected chi connectivity index (χ4v) is 5.27. The summed E-state index contributed by atoms with van der Waals surface area (Å²) in [5.74, 6) is 2.03. The van der Waals surface area contributed by atoms with Gasteiger partial charge >= 0.3 is 0 Å². The zero-order valence-corrected chi connectivity index (χ0v) is 14.8. The van der Waals surface area contributed by atoms with Gasteiger partial charge in [-0.25, -0.2) is 4.68 Å². The van der Waals surface area contributed by atoms with Crippen LogP contribution in [0.1, 0.15) is 36.0 Å². The molecule has 0 N–H and O–H groups in total. The summed E-state index contributed by atoms with van der Waals surface area (Å²) in [5, 5.41) is 8.14. The van der Waals surface area contributed by atoms with Crippen LogP contribution in [-0.4, -0.2) is 62.9 Å². The van der Waals surface area contributed by atoms with Gasteiger partial charge in [-0.1, -0.05) is 11.6 Å². The summed E-state index contributed by atoms with van der Waals surface area (Å²) in [7, 11) is 1.87. The summed E-state index contributed by atoms with van der Waals surface area (Å²) in [6.45, 7) is 3.72. The van der Waals surface area contributed by atoms with E-state index in [2.05, 4.69) is 15.2 Å². The first kappa shape index (κ1) is 15.3. The molecule has 2 aromatic rings. The average molecular weight is 339 g/mol. The highest BCUT2D eigenvalue weighted by Crippen LogP contribution is 2.46. The van der Waals surface area contributed by atoms with E-state index in [-0.39, 0.29) is 5.91 Å². The summed E-state index contributed by atoms with van der Waals surface area (Å²) >= 11 is 0. The van der Waals surface area contributed by atoms with Gasteiger partial charge in [0.05, 0.1) is 5.52 Å². The van der Waals surface area contributed by atoms with Crippen LogP contribution in [0.4, 0.5) is 0 Å². The largest absolute Gasteiger partial charge is 0.336 e. The molecule has 5 rings (SSSR count). The van der Waals surface area contributed by atoms with Crippen molar-refractivity contribution in [3.8, 4) is 0 Å². The van der Waals surface area contributed by atoms with E-state index in [1.165, 1.54) is 25.7 Å². The van der Waals surface area contributed by atoms with Gasteiger partial charge in [0, 0.05) is 44.8 Å². The third kappa shape index (κ3) is 2.54. The van der Waals surface area contributed by atoms with E-state index in [0.29, 0.717) is 0 Å². The Balaban J connectivity index is 1.26. The highest BCUT2D eigenvalue weighted by molar-refractivity contribution is 5.97. The van der Waals surface area contributed by atoms with Crippen LogP contribution in [0, 0.1) is 11.8 Å². The molecule has 0 spiro atoms. The third-order valence-corrected chi connectivity index (χ3v) is 6.63. The van der Waals surface area contributed by atoms with Crippen LogP contribution in [0.2, 0.25) is 0 Å². The van der Waals surface area contributed by atoms with Gasteiger partial charge in [0.2, 0.25) is 0 Å². The highest BCUT2D eigenvalue weighted by Gasteiger charge is 2.42. The lowest BCUT2D eigenvalue weighted by atomic mass is 9.93. The van der Waals surface area contributed by atoms with Crippen molar-refractivity contribution in [1.82, 2.24) is 24.8 Å². The lowest BCUT2D eigenvalue weighted by molar-refractivity contribution is 0.0496. The van der Waals surface area contributed by atoms with Crippen molar-refractivity contribution in [3.63, 3.8) is 0 Å². The van der Waals surface area contributed by atoms with Crippen LogP contribution in [0.15, 0.2) is 18.2 Å². The Morgan fingerprint density at radius 2 is 1.96 bits per heavy atom. The lowest BCUT2D eigenvalue weighted by Gasteiger charge is -2.41. The SMILES string of the molecule is Cn1nnc2cc(C(=O)N3CCN([C@H]4C[C@H]5CC[C@H]4C5)CC3)ccc21. The smallest absolute Gasteiger partial charge is 0.254 e. The number of fused-ring (bicyclic) bond motifs is 3. The van der Waals surface area contributed by atoms with E-state index in [4.69, 9.17) is 0 Å². The monoisotopic (exact) mass is 339 g/mol. The Labute approximate surface area is 147 Å². The van der Waals surface area contributed by atoms with Crippen molar-refractivity contribution in [2.45, 2.75) is 31.7 Å². The molecule has 25 heavy (non-hydrogen) atoms. The summed E-state index contributed by atoms with van der Waals surface area (Å²) in [6.07, 6.45) is 5.71. The van der Waals surface area contributed by atoms with Crippen molar-refractivity contribution >= 4 is 16.9 Å². The van der Waals surface area contributed by atoms with Crippen LogP contribution < -0.4 is 0 Å². The maximum absolute atomic E-state index is 12.9. The van der Waals surface area contributed by atoms with E-state index >= 15 is 0 Å². The van der Waals surface area contributed by atoms with Crippen LogP contribution in [0.3, 0.4) is 0 Å². The minimum Gasteiger partial charge on any atom is -0.336 e. The molecule has 3 atom stereocenters. The molecule has 1 aliphatic heterocycles. The summed E-state index contributed by atoms with van der Waals surface area (Å²) in [6, 6.07) is 6.49. The minimum atomic E-state index is 0.125. The van der Waals surface area contributed by atoms with Gasteiger partial charge in [-0.3, -0.25) is 9.69 Å². The second kappa shape index (κ2) is 5.80. The van der Waals surface area contributed by atoms with Crippen LogP contribution in [0.25, 0.3) is 11.0 Å². The predicted molar refractivity (Wildman–Crippen MR) is 95.2 cm³/mol. The zero-order chi connectivity index (χ0) is 17.0. The average Bonchev–Trinajstić information content (AvgIpc) is 3.37. The number of hydrogen-bond acceptors (Lipinski definition) is 4. The highest BCUT2D eigenvalue weighted by atomic mass is 16.2. The molecule has 2 aliphatic carbocycles. The first-order chi connectivity index (χ1) is 12.2. The maximum Gasteiger partial charge on any atom is 0.254 e. The van der Waals surface area contributed by atoms with E-state index in [0.717, 1.165) is 60.7 Å². The molecular weight excluding hydrogens is 314 g/mol. The third-order valence-electron chi connectivity index (χ3n) is 6.63. The second-order valence-electron chi connectivity index (χ2n) is 7.99. The van der Waals surface area contributed by atoms with Crippen LogP contribution in [-0.2, 0) is 7.05 Å². The Hall–Kier alpha value is -1.95. The van der Waals surface area contributed by atoms with Gasteiger partial charge in [0.25, 0.3) is 5.91 Å². The fourth-order valence-electron chi connectivity index (χ4n) is 5.27. The lowest BCUT2D eigenvalue weighted by Crippen LogP contribution is -2.53. The van der Waals surface area contributed by atoms with Gasteiger partial charge in [0.15, 0.2) is 0 Å². The maximum atomic E-state index is 12.9. The number of carbonyl (C=O) groups excluding carboxylic acids is 1. The summed E-state index contributed by atoms with van der Waals surface area (Å²) in [5.41, 5.74) is 2.47. The van der Waals surface area contributed by atoms with E-state index in [9.17, 15) is 4.79 Å². The Morgan fingerprint density at radius 1 is 1.12 bits per heavy atom. The molecule has 1 aromatic heterocycles. The molecule has 0 radical (unpaired) electrons. The first-order valence-electron chi connectivity index (χ1n) is 9.52. The molecule has 1 amide bonds. The molecule has 2 bridgehead atoms. The number of aryl methyl sites for hydroxylation is 1. The van der Waals surface area contributed by atoms with Crippen LogP contribution in [0.5, 0.6) is 0 Å². The van der Waals surface area contributed by atoms with Crippen molar-refractivity contribution in [3.05, 3.63) is 23.8 Å². The van der Waals surface area contributed by atoms with E-state index in [1.807, 2.05) is 30.1 Å². The molecular formula is C19H25N5O. The Kier molecular flexibility index (Phi) is 3.55. The van der Waals surface area contributed by atoms with Gasteiger partial charge < -0.3 is 4.90 Å². The molecule has 6 nitrogen and oxygen atoms in total. The number of aromatic nitrogens is 3. The molecule has 3 fully saturated rings. The van der Waals surface area contributed by atoms with Crippen molar-refractivity contribution in [1.29, 1.82) is 0 Å². The zero-order valence-electron chi connectivity index (χ0n) is 14.8. The van der Waals surface area contributed by atoms with Gasteiger partial charge in [-0.2, -0.15) is 0 Å². The quantitative estimate of drug-likeness (QED) is 0.839. The number of benzene rings is 1. The number of carbonyl (C=O) groups is 1. The number of hydrogen-bond donors (Lipinski definition) is 0. The van der Waals surface area contributed by atoms with Crippen LogP contribution >= 0.6 is 0 Å². The van der Waals surface area contributed by atoms with Crippen molar-refractivity contribution < 1.29 is 4.79 Å². The normalized spacial score (nSPS) is 29.6. The standard InChI is InChI=1S/C19H25N5O/c1-22-17-5-4-15(12-16(17)20-21-22)19(25)24-8-6-23(7-9-24)18-11-13-2-3-14(18)10-13/h4-5,12-14,18H,2-3,6-11H2,1H3/t13-,14-,18-/m0/s1. The molecule has 2 heterocycles. The minimum absolute atomic E-state index is 0.125. The van der Waals surface area contributed by atoms with Gasteiger partial charge in [-0.05, 0) is 49.3 Å². The molecule has 1 saturated heterocycles.